The second-order valence-electron chi connectivity index (χ2n) is 6.81. The van der Waals surface area contributed by atoms with Crippen LogP contribution in [-0.4, -0.2) is 11.1 Å². The fourth-order valence-corrected chi connectivity index (χ4v) is 3.25. The van der Waals surface area contributed by atoms with Crippen LogP contribution in [0.2, 0.25) is 0 Å². The maximum absolute atomic E-state index is 14.7. The van der Waals surface area contributed by atoms with Crippen LogP contribution >= 0.6 is 0 Å². The van der Waals surface area contributed by atoms with Gasteiger partial charge in [0.1, 0.15) is 11.4 Å². The summed E-state index contributed by atoms with van der Waals surface area (Å²) in [6, 6.07) is 17.2. The van der Waals surface area contributed by atoms with E-state index >= 15 is 0 Å². The number of halogens is 4. The smallest absolute Gasteiger partial charge is 0.416 e. The quantitative estimate of drug-likeness (QED) is 0.391. The average molecular weight is 426 g/mol. The molecule has 1 aliphatic heterocycles. The molecular formula is C24H14F4O3. The fraction of sp³-hybridized carbons (Fsp3) is 0.0417. The summed E-state index contributed by atoms with van der Waals surface area (Å²) >= 11 is 0. The normalized spacial score (nSPS) is 15.5. The van der Waals surface area contributed by atoms with E-state index in [9.17, 15) is 27.5 Å². The van der Waals surface area contributed by atoms with Crippen LogP contribution in [0.15, 0.2) is 84.3 Å². The largest absolute Gasteiger partial charge is 0.504 e. The van der Waals surface area contributed by atoms with E-state index in [2.05, 4.69) is 0 Å². The molecular weight excluding hydrogens is 412 g/mol. The summed E-state index contributed by atoms with van der Waals surface area (Å²) in [7, 11) is 0. The minimum Gasteiger partial charge on any atom is -0.504 e. The Bertz CT molecular complexity index is 1230. The molecule has 1 heterocycles. The predicted octanol–water partition coefficient (Wildman–Crippen LogP) is 6.38. The lowest BCUT2D eigenvalue weighted by molar-refractivity contribution is -0.137. The van der Waals surface area contributed by atoms with Gasteiger partial charge >= 0.3 is 12.1 Å². The molecule has 1 aliphatic rings. The minimum atomic E-state index is -4.54. The van der Waals surface area contributed by atoms with Gasteiger partial charge in [0, 0.05) is 5.56 Å². The van der Waals surface area contributed by atoms with Crippen molar-refractivity contribution in [2.75, 3.05) is 0 Å². The van der Waals surface area contributed by atoms with Crippen LogP contribution in [-0.2, 0) is 15.7 Å². The van der Waals surface area contributed by atoms with Gasteiger partial charge in [-0.2, -0.15) is 13.2 Å². The number of cyclic esters (lactones) is 1. The molecule has 0 saturated heterocycles. The van der Waals surface area contributed by atoms with Gasteiger partial charge in [0.25, 0.3) is 0 Å². The molecule has 0 amide bonds. The van der Waals surface area contributed by atoms with Gasteiger partial charge in [0.15, 0.2) is 11.5 Å². The Morgan fingerprint density at radius 3 is 2.29 bits per heavy atom. The monoisotopic (exact) mass is 426 g/mol. The molecule has 0 aromatic heterocycles. The number of hydrogen-bond donors (Lipinski definition) is 1. The van der Waals surface area contributed by atoms with Crippen LogP contribution in [0.25, 0.3) is 22.8 Å². The predicted molar refractivity (Wildman–Crippen MR) is 107 cm³/mol. The van der Waals surface area contributed by atoms with Gasteiger partial charge < -0.3 is 9.84 Å². The lowest BCUT2D eigenvalue weighted by Crippen LogP contribution is -2.04. The molecule has 0 atom stereocenters. The minimum absolute atomic E-state index is 0.0797. The van der Waals surface area contributed by atoms with Crippen LogP contribution in [0.4, 0.5) is 17.6 Å². The van der Waals surface area contributed by atoms with Crippen molar-refractivity contribution < 1.29 is 32.2 Å². The van der Waals surface area contributed by atoms with Crippen LogP contribution < -0.4 is 0 Å². The number of rotatable bonds is 3. The highest BCUT2D eigenvalue weighted by atomic mass is 19.4. The number of aliphatic hydroxyl groups is 1. The number of carbonyl (C=O) groups excluding carboxylic acids is 1. The third-order valence-corrected chi connectivity index (χ3v) is 4.73. The lowest BCUT2D eigenvalue weighted by atomic mass is 9.99. The van der Waals surface area contributed by atoms with Crippen LogP contribution in [0, 0.1) is 5.82 Å². The second kappa shape index (κ2) is 7.75. The van der Waals surface area contributed by atoms with E-state index < -0.39 is 29.3 Å². The summed E-state index contributed by atoms with van der Waals surface area (Å²) in [5, 5.41) is 10.5. The van der Waals surface area contributed by atoms with Gasteiger partial charge in [0.2, 0.25) is 0 Å². The molecule has 4 rings (SSSR count). The molecule has 31 heavy (non-hydrogen) atoms. The van der Waals surface area contributed by atoms with Crippen molar-refractivity contribution >= 4 is 17.6 Å². The van der Waals surface area contributed by atoms with Gasteiger partial charge in [-0.25, -0.2) is 9.18 Å². The molecule has 0 bridgehead atoms. The lowest BCUT2D eigenvalue weighted by Gasteiger charge is -2.07. The summed E-state index contributed by atoms with van der Waals surface area (Å²) in [4.78, 5) is 12.3. The molecule has 0 unspecified atom stereocenters. The first-order valence-corrected chi connectivity index (χ1v) is 9.14. The van der Waals surface area contributed by atoms with E-state index in [0.29, 0.717) is 11.1 Å². The van der Waals surface area contributed by atoms with Crippen molar-refractivity contribution in [1.82, 2.24) is 0 Å². The molecule has 0 radical (unpaired) electrons. The maximum atomic E-state index is 14.7. The number of carbonyl (C=O) groups is 1. The fourth-order valence-electron chi connectivity index (χ4n) is 3.25. The highest BCUT2D eigenvalue weighted by Gasteiger charge is 2.33. The highest BCUT2D eigenvalue weighted by molar-refractivity contribution is 6.21. The number of ether oxygens (including phenoxy) is 1. The van der Waals surface area contributed by atoms with E-state index in [1.54, 1.807) is 30.3 Å². The second-order valence-corrected chi connectivity index (χ2v) is 6.81. The molecule has 0 aliphatic carbocycles. The van der Waals surface area contributed by atoms with Crippen molar-refractivity contribution in [3.05, 3.63) is 107 Å². The summed E-state index contributed by atoms with van der Waals surface area (Å²) in [6.07, 6.45) is -3.42. The topological polar surface area (TPSA) is 46.5 Å². The first-order valence-electron chi connectivity index (χ1n) is 9.14. The zero-order valence-corrected chi connectivity index (χ0v) is 15.8. The van der Waals surface area contributed by atoms with E-state index in [4.69, 9.17) is 4.74 Å². The Morgan fingerprint density at radius 1 is 0.871 bits per heavy atom. The average Bonchev–Trinajstić information content (AvgIpc) is 3.01. The Kier molecular flexibility index (Phi) is 5.10. The zero-order valence-electron chi connectivity index (χ0n) is 15.8. The van der Waals surface area contributed by atoms with Crippen LogP contribution in [0.5, 0.6) is 0 Å². The maximum Gasteiger partial charge on any atom is 0.416 e. The van der Waals surface area contributed by atoms with Gasteiger partial charge in [-0.1, -0.05) is 54.6 Å². The van der Waals surface area contributed by atoms with Crippen molar-refractivity contribution in [2.45, 2.75) is 6.18 Å². The summed E-state index contributed by atoms with van der Waals surface area (Å²) in [5.41, 5.74) is -0.0206. The summed E-state index contributed by atoms with van der Waals surface area (Å²) in [5.74, 6) is -2.42. The van der Waals surface area contributed by atoms with E-state index in [1.807, 2.05) is 0 Å². The van der Waals surface area contributed by atoms with Crippen molar-refractivity contribution in [3.8, 4) is 11.1 Å². The molecule has 3 aromatic rings. The molecule has 7 heteroatoms. The molecule has 0 fully saturated rings. The molecule has 3 aromatic carbocycles. The number of hydrogen-bond acceptors (Lipinski definition) is 3. The third kappa shape index (κ3) is 4.07. The number of alkyl halides is 3. The van der Waals surface area contributed by atoms with Gasteiger partial charge in [-0.05, 0) is 41.0 Å². The molecule has 1 N–H and O–H groups in total. The van der Waals surface area contributed by atoms with Gasteiger partial charge in [-0.15, -0.1) is 0 Å². The van der Waals surface area contributed by atoms with Crippen LogP contribution in [0.1, 0.15) is 16.7 Å². The Labute approximate surface area is 174 Å². The molecule has 0 saturated carbocycles. The Hall–Kier alpha value is -3.87. The first kappa shape index (κ1) is 20.4. The van der Waals surface area contributed by atoms with Crippen molar-refractivity contribution in [2.24, 2.45) is 0 Å². The summed E-state index contributed by atoms with van der Waals surface area (Å²) < 4.78 is 58.4. The van der Waals surface area contributed by atoms with E-state index in [0.717, 1.165) is 24.3 Å². The summed E-state index contributed by atoms with van der Waals surface area (Å²) in [6.45, 7) is 0. The van der Waals surface area contributed by atoms with Gasteiger partial charge in [-0.3, -0.25) is 0 Å². The Balaban J connectivity index is 1.71. The SMILES string of the molecule is O=C1OC(=Cc2cccc(C(F)(F)F)c2)C(O)=C1c1ccc(-c2ccccc2)c(F)c1. The van der Waals surface area contributed by atoms with E-state index in [-0.39, 0.29) is 22.5 Å². The number of benzene rings is 3. The van der Waals surface area contributed by atoms with Crippen LogP contribution in [0.3, 0.4) is 0 Å². The third-order valence-electron chi connectivity index (χ3n) is 4.73. The van der Waals surface area contributed by atoms with E-state index in [1.165, 1.54) is 24.3 Å². The van der Waals surface area contributed by atoms with Gasteiger partial charge in [0.05, 0.1) is 5.56 Å². The zero-order chi connectivity index (χ0) is 22.2. The number of esters is 1. The highest BCUT2D eigenvalue weighted by Crippen LogP contribution is 2.35. The van der Waals surface area contributed by atoms with Crippen molar-refractivity contribution in [3.63, 3.8) is 0 Å². The standard InChI is InChI=1S/C24H14F4O3/c25-19-13-16(9-10-18(19)15-6-2-1-3-7-15)21-22(29)20(31-23(21)30)12-14-5-4-8-17(11-14)24(26,27)28/h1-13,29H. The molecule has 0 spiro atoms. The van der Waals surface area contributed by atoms with Crippen molar-refractivity contribution in [1.29, 1.82) is 0 Å². The number of aliphatic hydroxyl groups excluding tert-OH is 1. The first-order chi connectivity index (χ1) is 14.7. The molecule has 156 valence electrons. The molecule has 3 nitrogen and oxygen atoms in total. The Morgan fingerprint density at radius 2 is 1.61 bits per heavy atom.